The number of hydrogen-bond donors (Lipinski definition) is 2. The SMILES string of the molecule is NCc1cc(C(F)(F)F)cc(O)c1C(F)(F)F. The van der Waals surface area contributed by atoms with Gasteiger partial charge in [-0.1, -0.05) is 0 Å². The predicted octanol–water partition coefficient (Wildman–Crippen LogP) is 2.89. The molecular weight excluding hydrogens is 252 g/mol. The van der Waals surface area contributed by atoms with Gasteiger partial charge in [0.1, 0.15) is 11.3 Å². The molecule has 0 bridgehead atoms. The van der Waals surface area contributed by atoms with Crippen LogP contribution in [0.2, 0.25) is 0 Å². The summed E-state index contributed by atoms with van der Waals surface area (Å²) in [4.78, 5) is 0. The van der Waals surface area contributed by atoms with Crippen LogP contribution in [0.15, 0.2) is 12.1 Å². The quantitative estimate of drug-likeness (QED) is 0.762. The third kappa shape index (κ3) is 2.82. The number of hydrogen-bond acceptors (Lipinski definition) is 2. The number of phenolic OH excluding ortho intramolecular Hbond substituents is 1. The van der Waals surface area contributed by atoms with Crippen LogP contribution in [0.4, 0.5) is 26.3 Å². The number of alkyl halides is 6. The molecule has 0 fully saturated rings. The summed E-state index contributed by atoms with van der Waals surface area (Å²) in [5, 5.41) is 9.03. The van der Waals surface area contributed by atoms with Crippen LogP contribution >= 0.6 is 0 Å². The van der Waals surface area contributed by atoms with Crippen molar-refractivity contribution in [3.05, 3.63) is 28.8 Å². The van der Waals surface area contributed by atoms with E-state index in [1.807, 2.05) is 0 Å². The van der Waals surface area contributed by atoms with E-state index in [0.717, 1.165) is 0 Å². The molecule has 1 aromatic carbocycles. The average Bonchev–Trinajstić information content (AvgIpc) is 2.12. The summed E-state index contributed by atoms with van der Waals surface area (Å²) in [5.41, 5.74) is 1.24. The zero-order chi connectivity index (χ0) is 13.4. The molecule has 0 saturated heterocycles. The third-order valence-corrected chi connectivity index (χ3v) is 2.03. The molecule has 8 heteroatoms. The Morgan fingerprint density at radius 3 is 1.88 bits per heavy atom. The van der Waals surface area contributed by atoms with E-state index in [4.69, 9.17) is 10.8 Å². The number of benzene rings is 1. The second kappa shape index (κ2) is 4.10. The molecule has 0 unspecified atom stereocenters. The molecule has 0 radical (unpaired) electrons. The van der Waals surface area contributed by atoms with Crippen LogP contribution in [-0.2, 0) is 18.9 Å². The van der Waals surface area contributed by atoms with Crippen LogP contribution in [-0.4, -0.2) is 5.11 Å². The molecule has 0 amide bonds. The summed E-state index contributed by atoms with van der Waals surface area (Å²) >= 11 is 0. The highest BCUT2D eigenvalue weighted by Gasteiger charge is 2.39. The molecule has 0 atom stereocenters. The molecular formula is C9H7F6NO. The van der Waals surface area contributed by atoms with E-state index in [9.17, 15) is 26.3 Å². The van der Waals surface area contributed by atoms with Crippen molar-refractivity contribution in [1.29, 1.82) is 0 Å². The number of phenols is 1. The Kier molecular flexibility index (Phi) is 3.28. The lowest BCUT2D eigenvalue weighted by Crippen LogP contribution is -2.15. The van der Waals surface area contributed by atoms with Crippen LogP contribution in [0.1, 0.15) is 16.7 Å². The Balaban J connectivity index is 3.47. The van der Waals surface area contributed by atoms with Crippen molar-refractivity contribution in [2.75, 3.05) is 0 Å². The van der Waals surface area contributed by atoms with E-state index < -0.39 is 41.3 Å². The summed E-state index contributed by atoms with van der Waals surface area (Å²) in [7, 11) is 0. The van der Waals surface area contributed by atoms with Gasteiger partial charge in [-0.25, -0.2) is 0 Å². The second-order valence-electron chi connectivity index (χ2n) is 3.23. The molecule has 0 aliphatic rings. The summed E-state index contributed by atoms with van der Waals surface area (Å²) in [5.74, 6) is -1.48. The molecule has 1 aromatic rings. The van der Waals surface area contributed by atoms with E-state index in [1.54, 1.807) is 0 Å². The zero-order valence-electron chi connectivity index (χ0n) is 8.15. The van der Waals surface area contributed by atoms with E-state index >= 15 is 0 Å². The highest BCUT2D eigenvalue weighted by Crippen LogP contribution is 2.41. The van der Waals surface area contributed by atoms with E-state index in [-0.39, 0.29) is 12.1 Å². The molecule has 1 rings (SSSR count). The predicted molar refractivity (Wildman–Crippen MR) is 46.0 cm³/mol. The van der Waals surface area contributed by atoms with E-state index in [2.05, 4.69) is 0 Å². The van der Waals surface area contributed by atoms with Gasteiger partial charge in [0.15, 0.2) is 0 Å². The van der Waals surface area contributed by atoms with Crippen molar-refractivity contribution >= 4 is 0 Å². The van der Waals surface area contributed by atoms with Gasteiger partial charge in [-0.2, -0.15) is 26.3 Å². The fourth-order valence-electron chi connectivity index (χ4n) is 1.34. The molecule has 0 spiro atoms. The Hall–Kier alpha value is -1.44. The molecule has 17 heavy (non-hydrogen) atoms. The molecule has 0 aliphatic carbocycles. The van der Waals surface area contributed by atoms with Crippen molar-refractivity contribution in [3.8, 4) is 5.75 Å². The maximum atomic E-state index is 12.4. The second-order valence-corrected chi connectivity index (χ2v) is 3.23. The summed E-state index contributed by atoms with van der Waals surface area (Å²) < 4.78 is 74.1. The number of halogens is 6. The van der Waals surface area contributed by atoms with Crippen molar-refractivity contribution in [2.24, 2.45) is 5.73 Å². The van der Waals surface area contributed by atoms with Gasteiger partial charge in [-0.3, -0.25) is 0 Å². The van der Waals surface area contributed by atoms with Crippen LogP contribution in [0.3, 0.4) is 0 Å². The number of rotatable bonds is 1. The molecule has 0 aromatic heterocycles. The smallest absolute Gasteiger partial charge is 0.420 e. The standard InChI is InChI=1S/C9H7F6NO/c10-8(11,12)5-1-4(3-16)7(6(17)2-5)9(13,14)15/h1-2,17H,3,16H2. The van der Waals surface area contributed by atoms with Crippen LogP contribution in [0.5, 0.6) is 5.75 Å². The fraction of sp³-hybridized carbons (Fsp3) is 0.333. The number of aromatic hydroxyl groups is 1. The summed E-state index contributed by atoms with van der Waals surface area (Å²) in [6.07, 6.45) is -9.80. The summed E-state index contributed by atoms with van der Waals surface area (Å²) in [6, 6.07) is 0.310. The first-order valence-electron chi connectivity index (χ1n) is 4.27. The zero-order valence-corrected chi connectivity index (χ0v) is 8.15. The van der Waals surface area contributed by atoms with Crippen molar-refractivity contribution < 1.29 is 31.4 Å². The molecule has 96 valence electrons. The Morgan fingerprint density at radius 1 is 1.00 bits per heavy atom. The maximum Gasteiger partial charge on any atom is 0.420 e. The van der Waals surface area contributed by atoms with Crippen molar-refractivity contribution in [3.63, 3.8) is 0 Å². The van der Waals surface area contributed by atoms with Crippen molar-refractivity contribution in [1.82, 2.24) is 0 Å². The average molecular weight is 259 g/mol. The first kappa shape index (κ1) is 13.6. The van der Waals surface area contributed by atoms with E-state index in [0.29, 0.717) is 0 Å². The molecule has 2 nitrogen and oxygen atoms in total. The highest BCUT2D eigenvalue weighted by molar-refractivity contribution is 5.45. The highest BCUT2D eigenvalue weighted by atomic mass is 19.4. The van der Waals surface area contributed by atoms with Gasteiger partial charge < -0.3 is 10.8 Å². The number of nitrogens with two attached hydrogens (primary N) is 1. The minimum absolute atomic E-state index is 0.0297. The van der Waals surface area contributed by atoms with Crippen LogP contribution in [0, 0.1) is 0 Å². The Bertz CT molecular complexity index is 423. The minimum Gasteiger partial charge on any atom is -0.507 e. The normalized spacial score (nSPS) is 12.9. The lowest BCUT2D eigenvalue weighted by Gasteiger charge is -2.16. The van der Waals surface area contributed by atoms with Gasteiger partial charge in [0.25, 0.3) is 0 Å². The van der Waals surface area contributed by atoms with Gasteiger partial charge in [0, 0.05) is 6.54 Å². The fourth-order valence-corrected chi connectivity index (χ4v) is 1.34. The first-order valence-corrected chi connectivity index (χ1v) is 4.27. The molecule has 0 aliphatic heterocycles. The largest absolute Gasteiger partial charge is 0.507 e. The monoisotopic (exact) mass is 259 g/mol. The minimum atomic E-state index is -4.96. The van der Waals surface area contributed by atoms with Gasteiger partial charge in [0.05, 0.1) is 5.56 Å². The Labute approximate surface area is 91.7 Å². The van der Waals surface area contributed by atoms with Crippen LogP contribution < -0.4 is 5.73 Å². The molecule has 0 saturated carbocycles. The lowest BCUT2D eigenvalue weighted by molar-refractivity contribution is -0.142. The van der Waals surface area contributed by atoms with E-state index in [1.165, 1.54) is 0 Å². The molecule has 0 heterocycles. The van der Waals surface area contributed by atoms with Crippen LogP contribution in [0.25, 0.3) is 0 Å². The third-order valence-electron chi connectivity index (χ3n) is 2.03. The van der Waals surface area contributed by atoms with Gasteiger partial charge in [-0.05, 0) is 17.7 Å². The topological polar surface area (TPSA) is 46.2 Å². The lowest BCUT2D eigenvalue weighted by atomic mass is 10.0. The first-order chi connectivity index (χ1) is 7.57. The van der Waals surface area contributed by atoms with Gasteiger partial charge in [0.2, 0.25) is 0 Å². The maximum absolute atomic E-state index is 12.4. The summed E-state index contributed by atoms with van der Waals surface area (Å²) in [6.45, 7) is -0.758. The Morgan fingerprint density at radius 2 is 1.53 bits per heavy atom. The van der Waals surface area contributed by atoms with Gasteiger partial charge >= 0.3 is 12.4 Å². The van der Waals surface area contributed by atoms with Gasteiger partial charge in [-0.15, -0.1) is 0 Å². The molecule has 3 N–H and O–H groups in total. The van der Waals surface area contributed by atoms with Crippen molar-refractivity contribution in [2.45, 2.75) is 18.9 Å².